The first-order valence-corrected chi connectivity index (χ1v) is 14.5. The Balaban J connectivity index is 1.63. The molecule has 1 amide bonds. The van der Waals surface area contributed by atoms with Crippen LogP contribution in [-0.2, 0) is 16.6 Å². The number of nitrogens with zero attached hydrogens (tertiary/aromatic N) is 3. The minimum atomic E-state index is -3.61. The lowest BCUT2D eigenvalue weighted by atomic mass is 9.96. The van der Waals surface area contributed by atoms with E-state index in [1.54, 1.807) is 19.2 Å². The van der Waals surface area contributed by atoms with Crippen LogP contribution in [0.25, 0.3) is 10.2 Å². The zero-order valence-electron chi connectivity index (χ0n) is 20.6. The number of thiazole rings is 1. The molecule has 7 nitrogen and oxygen atoms in total. The van der Waals surface area contributed by atoms with Gasteiger partial charge in [0.25, 0.3) is 5.91 Å². The first kappa shape index (κ1) is 25.6. The van der Waals surface area contributed by atoms with Crippen LogP contribution in [0.3, 0.4) is 0 Å². The third kappa shape index (κ3) is 5.37. The third-order valence-electron chi connectivity index (χ3n) is 6.48. The number of hydrogen-bond acceptors (Lipinski definition) is 5. The monoisotopic (exact) mass is 515 g/mol. The highest BCUT2D eigenvalue weighted by atomic mass is 32.2. The normalized spacial score (nSPS) is 15.7. The Morgan fingerprint density at radius 3 is 2.49 bits per heavy atom. The fourth-order valence-corrected chi connectivity index (χ4v) is 7.10. The van der Waals surface area contributed by atoms with Crippen molar-refractivity contribution < 1.29 is 17.9 Å². The molecule has 0 radical (unpaired) electrons. The predicted molar refractivity (Wildman–Crippen MR) is 139 cm³/mol. The molecule has 0 unspecified atom stereocenters. The van der Waals surface area contributed by atoms with E-state index in [4.69, 9.17) is 4.74 Å². The molecule has 1 aliphatic rings. The van der Waals surface area contributed by atoms with Gasteiger partial charge in [0.1, 0.15) is 11.3 Å². The van der Waals surface area contributed by atoms with E-state index in [1.807, 2.05) is 29.7 Å². The molecule has 9 heteroatoms. The van der Waals surface area contributed by atoms with Gasteiger partial charge in [-0.3, -0.25) is 4.79 Å². The van der Waals surface area contributed by atoms with E-state index in [2.05, 4.69) is 11.9 Å². The summed E-state index contributed by atoms with van der Waals surface area (Å²) in [6.07, 6.45) is 5.94. The zero-order valence-corrected chi connectivity index (χ0v) is 22.2. The molecule has 0 bridgehead atoms. The van der Waals surface area contributed by atoms with Gasteiger partial charge >= 0.3 is 0 Å². The maximum Gasteiger partial charge on any atom is 0.279 e. The van der Waals surface area contributed by atoms with Crippen molar-refractivity contribution in [3.63, 3.8) is 0 Å². The summed E-state index contributed by atoms with van der Waals surface area (Å²) in [4.78, 5) is 18.3. The van der Waals surface area contributed by atoms with Crippen LogP contribution in [-0.4, -0.2) is 42.9 Å². The lowest BCUT2D eigenvalue weighted by Crippen LogP contribution is -2.38. The fraction of sp³-hybridized carbons (Fsp3) is 0.462. The second kappa shape index (κ2) is 11.1. The Kier molecular flexibility index (Phi) is 8.09. The van der Waals surface area contributed by atoms with Crippen LogP contribution in [0.2, 0.25) is 0 Å². The van der Waals surface area contributed by atoms with Crippen molar-refractivity contribution >= 4 is 37.5 Å². The Hall–Kier alpha value is -2.49. The summed E-state index contributed by atoms with van der Waals surface area (Å²) in [5.41, 5.74) is 1.30. The number of aromatic nitrogens is 1. The van der Waals surface area contributed by atoms with E-state index in [-0.39, 0.29) is 10.9 Å². The first-order chi connectivity index (χ1) is 16.9. The Morgan fingerprint density at radius 2 is 1.83 bits per heavy atom. The number of carbonyl (C=O) groups excluding carboxylic acids is 1. The number of hydrogen-bond donors (Lipinski definition) is 0. The van der Waals surface area contributed by atoms with Gasteiger partial charge in [0.15, 0.2) is 4.80 Å². The highest BCUT2D eigenvalue weighted by molar-refractivity contribution is 7.89. The van der Waals surface area contributed by atoms with Crippen molar-refractivity contribution in [2.75, 3.05) is 13.7 Å². The van der Waals surface area contributed by atoms with Crippen LogP contribution < -0.4 is 9.54 Å². The molecule has 35 heavy (non-hydrogen) atoms. The van der Waals surface area contributed by atoms with Gasteiger partial charge in [0, 0.05) is 25.2 Å². The van der Waals surface area contributed by atoms with Crippen LogP contribution >= 0.6 is 11.3 Å². The molecule has 1 fully saturated rings. The minimum absolute atomic E-state index is 0.0357. The van der Waals surface area contributed by atoms with E-state index < -0.39 is 15.9 Å². The molecule has 0 saturated heterocycles. The van der Waals surface area contributed by atoms with Crippen molar-refractivity contribution in [1.29, 1.82) is 0 Å². The molecular formula is C26H33N3O4S2. The summed E-state index contributed by atoms with van der Waals surface area (Å²) in [6, 6.07) is 12.0. The van der Waals surface area contributed by atoms with Crippen molar-refractivity contribution in [2.24, 2.45) is 4.99 Å². The summed E-state index contributed by atoms with van der Waals surface area (Å²) >= 11 is 1.45. The van der Waals surface area contributed by atoms with Gasteiger partial charge in [-0.05, 0) is 62.6 Å². The number of benzene rings is 2. The number of sulfonamides is 1. The lowest BCUT2D eigenvalue weighted by molar-refractivity contribution is 0.0997. The van der Waals surface area contributed by atoms with E-state index in [9.17, 15) is 13.2 Å². The van der Waals surface area contributed by atoms with E-state index >= 15 is 0 Å². The number of aryl methyl sites for hydroxylation is 1. The number of amides is 1. The summed E-state index contributed by atoms with van der Waals surface area (Å²) in [7, 11) is -1.95. The number of rotatable bonds is 8. The van der Waals surface area contributed by atoms with Gasteiger partial charge in [-0.1, -0.05) is 43.6 Å². The van der Waals surface area contributed by atoms with Gasteiger partial charge in [0.2, 0.25) is 10.0 Å². The molecule has 0 spiro atoms. The minimum Gasteiger partial charge on any atom is -0.492 e. The summed E-state index contributed by atoms with van der Waals surface area (Å²) in [6.45, 7) is 5.29. The van der Waals surface area contributed by atoms with Gasteiger partial charge < -0.3 is 9.30 Å². The van der Waals surface area contributed by atoms with Gasteiger partial charge in [-0.2, -0.15) is 9.30 Å². The van der Waals surface area contributed by atoms with E-state index in [0.29, 0.717) is 23.5 Å². The summed E-state index contributed by atoms with van der Waals surface area (Å²) in [5, 5.41) is 0. The van der Waals surface area contributed by atoms with Crippen LogP contribution in [0.15, 0.2) is 52.4 Å². The first-order valence-electron chi connectivity index (χ1n) is 12.3. The second-order valence-corrected chi connectivity index (χ2v) is 11.8. The van der Waals surface area contributed by atoms with Crippen molar-refractivity contribution in [3.8, 4) is 5.75 Å². The van der Waals surface area contributed by atoms with Gasteiger partial charge in [-0.15, -0.1) is 0 Å². The largest absolute Gasteiger partial charge is 0.492 e. The van der Waals surface area contributed by atoms with Crippen molar-refractivity contribution in [1.82, 2.24) is 8.87 Å². The zero-order chi connectivity index (χ0) is 25.0. The number of para-hydroxylation sites is 1. The highest BCUT2D eigenvalue weighted by Crippen LogP contribution is 2.29. The topological polar surface area (TPSA) is 81.0 Å². The van der Waals surface area contributed by atoms with Gasteiger partial charge in [-0.25, -0.2) is 8.42 Å². The van der Waals surface area contributed by atoms with Crippen LogP contribution in [0, 0.1) is 0 Å². The van der Waals surface area contributed by atoms with Crippen LogP contribution in [0.5, 0.6) is 5.75 Å². The molecule has 0 N–H and O–H groups in total. The molecular weight excluding hydrogens is 482 g/mol. The quantitative estimate of drug-likeness (QED) is 0.413. The molecule has 0 atom stereocenters. The second-order valence-electron chi connectivity index (χ2n) is 8.83. The summed E-state index contributed by atoms with van der Waals surface area (Å²) < 4.78 is 36.6. The predicted octanol–water partition coefficient (Wildman–Crippen LogP) is 5.21. The SMILES string of the molecule is CCCn1c(=NC(=O)c2ccc(S(=O)(=O)N(C)C3CCCCC3)cc2)sc2cccc(OCC)c21. The standard InChI is InChI=1S/C26H33N3O4S2/c1-4-18-29-24-22(33-5-2)12-9-13-23(24)34-26(29)27-25(30)19-14-16-21(17-15-19)35(31,32)28(3)20-10-7-6-8-11-20/h9,12-17,20H,4-8,10-11,18H2,1-3H3. The van der Waals surface area contributed by atoms with Crippen LogP contribution in [0.1, 0.15) is 62.7 Å². The van der Waals surface area contributed by atoms with Gasteiger partial charge in [0.05, 0.1) is 16.2 Å². The molecule has 2 aromatic carbocycles. The summed E-state index contributed by atoms with van der Waals surface area (Å²) in [5.74, 6) is 0.379. The van der Waals surface area contributed by atoms with Crippen molar-refractivity contribution in [3.05, 3.63) is 52.8 Å². The smallest absolute Gasteiger partial charge is 0.279 e. The highest BCUT2D eigenvalue weighted by Gasteiger charge is 2.29. The molecule has 3 aromatic rings. The average molecular weight is 516 g/mol. The Labute approximate surface area is 211 Å². The maximum atomic E-state index is 13.1. The van der Waals surface area contributed by atoms with Crippen molar-refractivity contribution in [2.45, 2.75) is 69.9 Å². The van der Waals surface area contributed by atoms with E-state index in [0.717, 1.165) is 54.5 Å². The maximum absolute atomic E-state index is 13.1. The molecule has 1 aliphatic carbocycles. The third-order valence-corrected chi connectivity index (χ3v) is 9.44. The molecule has 1 saturated carbocycles. The van der Waals surface area contributed by atoms with Crippen LogP contribution in [0.4, 0.5) is 0 Å². The molecule has 4 rings (SSSR count). The van der Waals surface area contributed by atoms with E-state index in [1.165, 1.54) is 27.8 Å². The Morgan fingerprint density at radius 1 is 1.11 bits per heavy atom. The average Bonchev–Trinajstić information content (AvgIpc) is 3.22. The fourth-order valence-electron chi connectivity index (χ4n) is 4.61. The molecule has 188 valence electrons. The molecule has 1 aromatic heterocycles. The number of fused-ring (bicyclic) bond motifs is 1. The lowest BCUT2D eigenvalue weighted by Gasteiger charge is -2.30. The number of carbonyl (C=O) groups is 1. The number of ether oxygens (including phenoxy) is 1. The molecule has 1 heterocycles. The molecule has 0 aliphatic heterocycles. The Bertz CT molecular complexity index is 1350.